The summed E-state index contributed by atoms with van der Waals surface area (Å²) in [4.78, 5) is 30.0. The number of benzene rings is 1. The number of likely N-dealkylation sites (N-methyl/N-ethyl adjacent to an activating group) is 1. The summed E-state index contributed by atoms with van der Waals surface area (Å²) in [7, 11) is 13.4. The Morgan fingerprint density at radius 1 is 1.14 bits per heavy atom. The number of Topliss-reactive ketones (excluding diaryl/α,β-unsaturated/α-hetero) is 1. The number of carbonyl (C=O) groups is 2. The van der Waals surface area contributed by atoms with E-state index in [0.717, 1.165) is 30.1 Å². The molecule has 43 heavy (non-hydrogen) atoms. The van der Waals surface area contributed by atoms with E-state index in [-0.39, 0.29) is 23.3 Å². The van der Waals surface area contributed by atoms with E-state index in [1.165, 1.54) is 32.1 Å². The molecule has 1 aromatic rings. The fourth-order valence-electron chi connectivity index (χ4n) is 8.16. The second-order valence-electron chi connectivity index (χ2n) is 13.2. The van der Waals surface area contributed by atoms with Gasteiger partial charge in [-0.3, -0.25) is 0 Å². The van der Waals surface area contributed by atoms with E-state index in [1.807, 2.05) is 19.0 Å². The van der Waals surface area contributed by atoms with Gasteiger partial charge in [0.05, 0.1) is 0 Å². The van der Waals surface area contributed by atoms with Crippen LogP contribution in [0.15, 0.2) is 23.0 Å². The van der Waals surface area contributed by atoms with Gasteiger partial charge in [0.25, 0.3) is 0 Å². The zero-order valence-electron chi connectivity index (χ0n) is 25.6. The summed E-state index contributed by atoms with van der Waals surface area (Å²) < 4.78 is 0. The Balaban J connectivity index is 1.53. The zero-order chi connectivity index (χ0) is 31.4. The first-order valence-electron chi connectivity index (χ1n) is 15.3. The molecule has 0 aromatic heterocycles. The standard InChI is InChI=1S/C32H44BN4O6/c1-36(2)25-18(15-35-11-10-16-8-6-5-7-9-16)14-21(38)23-19(25)12-17-13-20-26(37(3)4)28(40)24(31(34)42)29(33)32(20,43)30(41)22(17)27(23)39/h14,16-17,20,26,35,38-40,43H,5-13,15H2,1-4H3,(H2,34,42)/t17-,20-,26-,32+/m0/s1. The van der Waals surface area contributed by atoms with Crippen LogP contribution in [-0.2, 0) is 22.6 Å². The molecule has 0 unspecified atom stereocenters. The maximum absolute atomic E-state index is 14.1. The second-order valence-corrected chi connectivity index (χ2v) is 13.2. The third kappa shape index (κ3) is 5.09. The van der Waals surface area contributed by atoms with Crippen molar-refractivity contribution in [2.24, 2.45) is 23.5 Å². The summed E-state index contributed by atoms with van der Waals surface area (Å²) >= 11 is 0. The third-order valence-corrected chi connectivity index (χ3v) is 10.1. The van der Waals surface area contributed by atoms with Gasteiger partial charge in [-0.05, 0) is 12.3 Å². The molecule has 231 valence electrons. The number of nitrogens with two attached hydrogens (primary N) is 1. The van der Waals surface area contributed by atoms with Gasteiger partial charge in [-0.1, -0.05) is 32.1 Å². The first-order chi connectivity index (χ1) is 20.3. The summed E-state index contributed by atoms with van der Waals surface area (Å²) in [6.45, 7) is 1.41. The van der Waals surface area contributed by atoms with Gasteiger partial charge in [-0.25, -0.2) is 0 Å². The molecule has 0 saturated heterocycles. The first-order valence-corrected chi connectivity index (χ1v) is 15.3. The van der Waals surface area contributed by atoms with Crippen LogP contribution < -0.4 is 16.0 Å². The molecule has 1 amide bonds. The van der Waals surface area contributed by atoms with Gasteiger partial charge in [0.1, 0.15) is 0 Å². The van der Waals surface area contributed by atoms with E-state index >= 15 is 0 Å². The van der Waals surface area contributed by atoms with Crippen molar-refractivity contribution in [3.05, 3.63) is 39.7 Å². The number of aliphatic hydroxyl groups is 3. The Morgan fingerprint density at radius 2 is 1.81 bits per heavy atom. The van der Waals surface area contributed by atoms with Gasteiger partial charge in [-0.15, -0.1) is 0 Å². The van der Waals surface area contributed by atoms with Crippen molar-refractivity contribution in [1.29, 1.82) is 0 Å². The quantitative estimate of drug-likeness (QED) is 0.196. The Kier molecular flexibility index (Phi) is 8.54. The molecule has 5 rings (SSSR count). The van der Waals surface area contributed by atoms with Crippen molar-refractivity contribution in [1.82, 2.24) is 10.2 Å². The third-order valence-electron chi connectivity index (χ3n) is 10.1. The summed E-state index contributed by atoms with van der Waals surface area (Å²) in [5.74, 6) is -3.57. The van der Waals surface area contributed by atoms with E-state index in [4.69, 9.17) is 13.2 Å². The summed E-state index contributed by atoms with van der Waals surface area (Å²) in [6, 6.07) is 0.703. The summed E-state index contributed by atoms with van der Waals surface area (Å²) in [6.07, 6.45) is 8.10. The molecular weight excluding hydrogens is 547 g/mol. The molecule has 4 aliphatic rings. The fourth-order valence-corrected chi connectivity index (χ4v) is 8.16. The number of primary amides is 1. The molecule has 4 atom stereocenters. The normalized spacial score (nSPS) is 27.7. The number of amides is 1. The van der Waals surface area contributed by atoms with Crippen LogP contribution in [0.4, 0.5) is 5.69 Å². The Hall–Kier alpha value is -3.15. The number of nitrogens with one attached hydrogen (secondary N) is 1. The van der Waals surface area contributed by atoms with Crippen LogP contribution in [0.25, 0.3) is 5.76 Å². The summed E-state index contributed by atoms with van der Waals surface area (Å²) in [5.41, 5.74) is 4.68. The average Bonchev–Trinajstić information content (AvgIpc) is 2.93. The second kappa shape index (κ2) is 11.7. The molecule has 1 radical (unpaired) electrons. The molecule has 2 fully saturated rings. The molecule has 0 bridgehead atoms. The number of anilines is 1. The molecule has 0 aliphatic heterocycles. The number of hydrogen-bond donors (Lipinski definition) is 6. The molecule has 1 aromatic carbocycles. The number of aliphatic hydroxyl groups excluding tert-OH is 2. The Bertz CT molecular complexity index is 1410. The van der Waals surface area contributed by atoms with Crippen LogP contribution in [0, 0.1) is 17.8 Å². The average molecular weight is 592 g/mol. The number of hydrogen-bond acceptors (Lipinski definition) is 9. The minimum atomic E-state index is -2.38. The van der Waals surface area contributed by atoms with Crippen LogP contribution in [0.2, 0.25) is 0 Å². The topological polar surface area (TPSA) is 160 Å². The van der Waals surface area contributed by atoms with Gasteiger partial charge in [0.2, 0.25) is 0 Å². The van der Waals surface area contributed by atoms with Crippen molar-refractivity contribution in [2.75, 3.05) is 39.6 Å². The van der Waals surface area contributed by atoms with E-state index in [0.29, 0.717) is 18.5 Å². The number of rotatable bonds is 8. The van der Waals surface area contributed by atoms with E-state index in [2.05, 4.69) is 5.32 Å². The predicted octanol–water partition coefficient (Wildman–Crippen LogP) is 1.86. The van der Waals surface area contributed by atoms with Crippen LogP contribution in [0.3, 0.4) is 0 Å². The number of fused-ring (bicyclic) bond motifs is 3. The SMILES string of the molecule is [B]=C1C(C(N)=O)=C(O)[C@@H](N(C)C)[C@@H]2C[C@@H]3Cc4c(c(O)cc(CNCCC5CCCCC5)c4N(C)C)C(O)=C3C(=O)[C@]12O. The molecule has 10 nitrogen and oxygen atoms in total. The van der Waals surface area contributed by atoms with Crippen molar-refractivity contribution in [3.8, 4) is 5.75 Å². The molecular formula is C32H44BN4O6. The number of aromatic hydroxyl groups is 1. The van der Waals surface area contributed by atoms with Crippen molar-refractivity contribution < 1.29 is 30.0 Å². The maximum atomic E-state index is 14.1. The Morgan fingerprint density at radius 3 is 2.42 bits per heavy atom. The number of ketones is 1. The van der Waals surface area contributed by atoms with Crippen LogP contribution in [0.1, 0.15) is 61.6 Å². The fraction of sp³-hybridized carbons (Fsp3) is 0.594. The number of nitrogens with zero attached hydrogens (tertiary/aromatic N) is 2. The van der Waals surface area contributed by atoms with Gasteiger partial charge >= 0.3 is 210 Å². The monoisotopic (exact) mass is 591 g/mol. The van der Waals surface area contributed by atoms with E-state index in [1.54, 1.807) is 25.1 Å². The van der Waals surface area contributed by atoms with Crippen molar-refractivity contribution >= 4 is 36.1 Å². The van der Waals surface area contributed by atoms with Gasteiger partial charge < -0.3 is 0 Å². The summed E-state index contributed by atoms with van der Waals surface area (Å²) in [5, 5.41) is 49.4. The van der Waals surface area contributed by atoms with Crippen LogP contribution in [0.5, 0.6) is 5.75 Å². The zero-order valence-corrected chi connectivity index (χ0v) is 25.6. The molecule has 0 spiro atoms. The predicted molar refractivity (Wildman–Crippen MR) is 167 cm³/mol. The van der Waals surface area contributed by atoms with E-state index in [9.17, 15) is 30.0 Å². The molecule has 11 heteroatoms. The van der Waals surface area contributed by atoms with Crippen LogP contribution in [-0.4, -0.2) is 96.3 Å². The molecule has 7 N–H and O–H groups in total. The first kappa shape index (κ1) is 31.3. The number of carbonyl (C=O) groups excluding carboxylic acids is 2. The van der Waals surface area contributed by atoms with E-state index < -0.39 is 57.7 Å². The van der Waals surface area contributed by atoms with Crippen LogP contribution >= 0.6 is 0 Å². The van der Waals surface area contributed by atoms with Crippen molar-refractivity contribution in [2.45, 2.75) is 69.6 Å². The van der Waals surface area contributed by atoms with Crippen molar-refractivity contribution in [3.63, 3.8) is 0 Å². The number of phenolic OH excluding ortho intramolecular Hbond substituents is 1. The molecule has 4 aliphatic carbocycles. The Labute approximate surface area is 254 Å². The van der Waals surface area contributed by atoms with Gasteiger partial charge in [0.15, 0.2) is 0 Å². The minimum absolute atomic E-state index is 0.0460. The van der Waals surface area contributed by atoms with Gasteiger partial charge in [0, 0.05) is 0 Å². The molecule has 0 heterocycles. The van der Waals surface area contributed by atoms with Gasteiger partial charge in [-0.2, -0.15) is 0 Å². The number of phenols is 1. The molecule has 2 saturated carbocycles.